The molecule has 7 nitrogen and oxygen atoms in total. The fraction of sp³-hybridized carbons (Fsp3) is 0.346. The summed E-state index contributed by atoms with van der Waals surface area (Å²) in [6.45, 7) is 0.403. The van der Waals surface area contributed by atoms with Crippen LogP contribution < -0.4 is 11.1 Å². The number of benzene rings is 2. The number of likely N-dealkylation sites (N-methyl/N-ethyl adjacent to an activating group) is 1. The van der Waals surface area contributed by atoms with Crippen LogP contribution in [0.25, 0.3) is 10.8 Å². The van der Waals surface area contributed by atoms with E-state index in [9.17, 15) is 18.4 Å². The lowest BCUT2D eigenvalue weighted by Crippen LogP contribution is -2.41. The number of nitrogens with zero attached hydrogens (tertiary/aromatic N) is 2. The second-order valence-corrected chi connectivity index (χ2v) is 9.15. The molecule has 0 saturated heterocycles. The van der Waals surface area contributed by atoms with Crippen LogP contribution in [0.4, 0.5) is 19.4 Å². The lowest BCUT2D eigenvalue weighted by Gasteiger charge is -2.28. The summed E-state index contributed by atoms with van der Waals surface area (Å²) in [6, 6.07) is 10.4. The van der Waals surface area contributed by atoms with E-state index in [0.29, 0.717) is 41.2 Å². The third-order valence-corrected chi connectivity index (χ3v) is 6.72. The molecule has 2 amide bonds. The third-order valence-electron chi connectivity index (χ3n) is 5.96. The first-order chi connectivity index (χ1) is 17.3. The lowest BCUT2D eigenvalue weighted by atomic mass is 10.0. The van der Waals surface area contributed by atoms with Crippen LogP contribution in [-0.2, 0) is 20.4 Å². The molecule has 3 N–H and O–H groups in total. The molecule has 2 aromatic carbocycles. The number of amides is 2. The molecule has 10 heteroatoms. The maximum atomic E-state index is 14.0. The number of halogens is 3. The molecule has 0 saturated carbocycles. The SMILES string of the molecule is CN(C(=O)CCc1cccc(F)c1CI)[C@@H](CCCN)COC(=O)Nc1cc2cc(F)ccc2cn1. The molecule has 0 radical (unpaired) electrons. The van der Waals surface area contributed by atoms with Gasteiger partial charge in [0, 0.05) is 35.0 Å². The van der Waals surface area contributed by atoms with Gasteiger partial charge in [0.25, 0.3) is 0 Å². The first-order valence-electron chi connectivity index (χ1n) is 11.6. The monoisotopic (exact) mass is 610 g/mol. The smallest absolute Gasteiger partial charge is 0.412 e. The maximum Gasteiger partial charge on any atom is 0.412 e. The number of carbonyl (C=O) groups excluding carboxylic acids is 2. The Morgan fingerprint density at radius 3 is 2.75 bits per heavy atom. The summed E-state index contributed by atoms with van der Waals surface area (Å²) in [5.41, 5.74) is 7.07. The zero-order valence-corrected chi connectivity index (χ0v) is 22.1. The molecule has 1 heterocycles. The summed E-state index contributed by atoms with van der Waals surface area (Å²) in [5, 5.41) is 3.87. The van der Waals surface area contributed by atoms with Crippen LogP contribution in [0.5, 0.6) is 0 Å². The van der Waals surface area contributed by atoms with Crippen molar-refractivity contribution < 1.29 is 23.1 Å². The molecule has 0 aliphatic heterocycles. The second kappa shape index (κ2) is 13.4. The number of hydrogen-bond donors (Lipinski definition) is 2. The summed E-state index contributed by atoms with van der Waals surface area (Å²) in [7, 11) is 1.66. The van der Waals surface area contributed by atoms with Crippen molar-refractivity contribution in [2.75, 3.05) is 25.5 Å². The Morgan fingerprint density at radius 2 is 2.00 bits per heavy atom. The van der Waals surface area contributed by atoms with Gasteiger partial charge >= 0.3 is 6.09 Å². The van der Waals surface area contributed by atoms with Gasteiger partial charge in [-0.2, -0.15) is 0 Å². The largest absolute Gasteiger partial charge is 0.447 e. The number of aromatic nitrogens is 1. The zero-order valence-electron chi connectivity index (χ0n) is 20.0. The molecular weight excluding hydrogens is 581 g/mol. The van der Waals surface area contributed by atoms with Crippen LogP contribution in [0, 0.1) is 11.6 Å². The van der Waals surface area contributed by atoms with Gasteiger partial charge in [-0.05, 0) is 67.1 Å². The molecule has 0 aliphatic rings. The van der Waals surface area contributed by atoms with Gasteiger partial charge in [-0.25, -0.2) is 18.6 Å². The van der Waals surface area contributed by atoms with E-state index in [2.05, 4.69) is 32.9 Å². The van der Waals surface area contributed by atoms with E-state index < -0.39 is 6.09 Å². The summed E-state index contributed by atoms with van der Waals surface area (Å²) < 4.78 is 33.4. The van der Waals surface area contributed by atoms with Gasteiger partial charge in [0.05, 0.1) is 6.04 Å². The molecule has 0 fully saturated rings. The number of ether oxygens (including phenoxy) is 1. The van der Waals surface area contributed by atoms with Gasteiger partial charge in [0.15, 0.2) is 0 Å². The Bertz CT molecular complexity index is 1210. The highest BCUT2D eigenvalue weighted by Crippen LogP contribution is 2.20. The minimum absolute atomic E-state index is 0.0325. The molecular formula is C26H29F2IN4O3. The minimum atomic E-state index is -0.733. The van der Waals surface area contributed by atoms with Crippen molar-refractivity contribution in [3.8, 4) is 0 Å². The standard InChI is InChI=1S/C26H29F2IN4O3/c1-33(25(34)10-8-17-4-2-6-23(28)22(17)14-29)21(5-3-11-30)16-36-26(35)32-24-13-19-12-20(27)9-7-18(19)15-31-24/h2,4,6-7,9,12-13,15,21H,3,5,8,10-11,14,16,30H2,1H3,(H,31,32,35)/t21-/m0/s1. The van der Waals surface area contributed by atoms with Crippen LogP contribution in [0.1, 0.15) is 30.4 Å². The van der Waals surface area contributed by atoms with Gasteiger partial charge in [-0.15, -0.1) is 0 Å². The first kappa shape index (κ1) is 27.7. The topological polar surface area (TPSA) is 97.5 Å². The highest BCUT2D eigenvalue weighted by Gasteiger charge is 2.22. The average Bonchev–Trinajstić information content (AvgIpc) is 2.86. The molecule has 0 bridgehead atoms. The lowest BCUT2D eigenvalue weighted by molar-refractivity contribution is -0.132. The number of fused-ring (bicyclic) bond motifs is 1. The van der Waals surface area contributed by atoms with Crippen molar-refractivity contribution in [2.24, 2.45) is 5.73 Å². The molecule has 3 aromatic rings. The van der Waals surface area contributed by atoms with Gasteiger partial charge < -0.3 is 15.4 Å². The molecule has 3 rings (SSSR count). The van der Waals surface area contributed by atoms with Crippen molar-refractivity contribution in [3.63, 3.8) is 0 Å². The molecule has 1 atom stereocenters. The molecule has 0 unspecified atom stereocenters. The van der Waals surface area contributed by atoms with Crippen molar-refractivity contribution in [2.45, 2.75) is 36.2 Å². The number of hydrogen-bond acceptors (Lipinski definition) is 5. The molecule has 1 aromatic heterocycles. The Labute approximate surface area is 222 Å². The molecule has 192 valence electrons. The van der Waals surface area contributed by atoms with E-state index in [4.69, 9.17) is 10.5 Å². The number of anilines is 1. The van der Waals surface area contributed by atoms with Crippen LogP contribution >= 0.6 is 22.6 Å². The van der Waals surface area contributed by atoms with E-state index in [1.165, 1.54) is 24.4 Å². The van der Waals surface area contributed by atoms with Gasteiger partial charge in [-0.3, -0.25) is 10.1 Å². The van der Waals surface area contributed by atoms with E-state index in [1.54, 1.807) is 30.1 Å². The fourth-order valence-corrected chi connectivity index (χ4v) is 4.70. The van der Waals surface area contributed by atoms with Crippen molar-refractivity contribution in [1.82, 2.24) is 9.88 Å². The van der Waals surface area contributed by atoms with E-state index >= 15 is 0 Å². The number of carbonyl (C=O) groups is 2. The summed E-state index contributed by atoms with van der Waals surface area (Å²) >= 11 is 2.11. The van der Waals surface area contributed by atoms with Gasteiger partial charge in [0.1, 0.15) is 24.1 Å². The van der Waals surface area contributed by atoms with Gasteiger partial charge in [-0.1, -0.05) is 34.7 Å². The molecule has 36 heavy (non-hydrogen) atoms. The van der Waals surface area contributed by atoms with Crippen LogP contribution in [0.15, 0.2) is 48.7 Å². The number of aryl methyl sites for hydroxylation is 1. The summed E-state index contributed by atoms with van der Waals surface area (Å²) in [6.07, 6.45) is 2.61. The second-order valence-electron chi connectivity index (χ2n) is 8.38. The predicted octanol–water partition coefficient (Wildman–Crippen LogP) is 5.20. The molecule has 0 spiro atoms. The van der Waals surface area contributed by atoms with Crippen LogP contribution in [-0.4, -0.2) is 48.1 Å². The highest BCUT2D eigenvalue weighted by atomic mass is 127. The summed E-state index contributed by atoms with van der Waals surface area (Å²) in [4.78, 5) is 31.0. The average molecular weight is 610 g/mol. The minimum Gasteiger partial charge on any atom is -0.447 e. The number of nitrogens with two attached hydrogens (primary N) is 1. The first-order valence-corrected chi connectivity index (χ1v) is 13.1. The normalized spacial score (nSPS) is 11.8. The highest BCUT2D eigenvalue weighted by molar-refractivity contribution is 14.1. The van der Waals surface area contributed by atoms with Crippen molar-refractivity contribution in [3.05, 3.63) is 71.4 Å². The Kier molecular flexibility index (Phi) is 10.4. The number of rotatable bonds is 11. The van der Waals surface area contributed by atoms with Crippen LogP contribution in [0.2, 0.25) is 0 Å². The Hall–Kier alpha value is -2.86. The number of alkyl halides is 1. The predicted molar refractivity (Wildman–Crippen MR) is 144 cm³/mol. The van der Waals surface area contributed by atoms with E-state index in [1.807, 2.05) is 6.07 Å². The Morgan fingerprint density at radius 1 is 1.19 bits per heavy atom. The quantitative estimate of drug-likeness (QED) is 0.230. The third kappa shape index (κ3) is 7.57. The van der Waals surface area contributed by atoms with E-state index in [0.717, 1.165) is 10.9 Å². The summed E-state index contributed by atoms with van der Waals surface area (Å²) in [5.74, 6) is -0.570. The number of nitrogens with one attached hydrogen (secondary N) is 1. The number of pyridine rings is 1. The Balaban J connectivity index is 1.58. The van der Waals surface area contributed by atoms with Crippen molar-refractivity contribution in [1.29, 1.82) is 0 Å². The fourth-order valence-electron chi connectivity index (χ4n) is 3.84. The van der Waals surface area contributed by atoms with Gasteiger partial charge in [0.2, 0.25) is 5.91 Å². The zero-order chi connectivity index (χ0) is 26.1. The van der Waals surface area contributed by atoms with Crippen LogP contribution in [0.3, 0.4) is 0 Å². The van der Waals surface area contributed by atoms with E-state index in [-0.39, 0.29) is 42.4 Å². The molecule has 0 aliphatic carbocycles. The maximum absolute atomic E-state index is 14.0. The van der Waals surface area contributed by atoms with Crippen molar-refractivity contribution >= 4 is 51.2 Å².